The standard InChI is InChI=1S/C18H27N3O5/c1-16(2,13(22)26-3)8-17-9-18(10-17,11-17)21-7-12-6-19(15(24)25)4-5-20(12)14(21)23/h12H,4-11H2,1-3H3,(H,24,25). The summed E-state index contributed by atoms with van der Waals surface area (Å²) in [5, 5.41) is 9.19. The molecule has 0 aromatic rings. The van der Waals surface area contributed by atoms with Gasteiger partial charge in [0.25, 0.3) is 0 Å². The summed E-state index contributed by atoms with van der Waals surface area (Å²) in [6, 6.07) is 0.0180. The van der Waals surface area contributed by atoms with Crippen LogP contribution in [0.5, 0.6) is 0 Å². The summed E-state index contributed by atoms with van der Waals surface area (Å²) in [5.74, 6) is -0.181. The molecule has 3 aliphatic carbocycles. The molecule has 3 amide bonds. The van der Waals surface area contributed by atoms with Crippen molar-refractivity contribution in [2.24, 2.45) is 10.8 Å². The van der Waals surface area contributed by atoms with Gasteiger partial charge in [-0.05, 0) is 44.9 Å². The van der Waals surface area contributed by atoms with Crippen LogP contribution in [0.3, 0.4) is 0 Å². The first-order chi connectivity index (χ1) is 12.1. The van der Waals surface area contributed by atoms with Gasteiger partial charge in [0.1, 0.15) is 0 Å². The van der Waals surface area contributed by atoms with E-state index in [-0.39, 0.29) is 29.0 Å². The van der Waals surface area contributed by atoms with Gasteiger partial charge in [-0.2, -0.15) is 0 Å². The minimum atomic E-state index is -0.912. The van der Waals surface area contributed by atoms with Crippen molar-refractivity contribution in [3.63, 3.8) is 0 Å². The Morgan fingerprint density at radius 1 is 1.23 bits per heavy atom. The Morgan fingerprint density at radius 3 is 2.46 bits per heavy atom. The summed E-state index contributed by atoms with van der Waals surface area (Å²) in [7, 11) is 1.42. The van der Waals surface area contributed by atoms with Gasteiger partial charge >= 0.3 is 18.1 Å². The Morgan fingerprint density at radius 2 is 1.88 bits per heavy atom. The number of fused-ring (bicyclic) bond motifs is 1. The van der Waals surface area contributed by atoms with Gasteiger partial charge in [-0.25, -0.2) is 9.59 Å². The van der Waals surface area contributed by atoms with Crippen molar-refractivity contribution in [2.45, 2.75) is 51.1 Å². The van der Waals surface area contributed by atoms with E-state index in [2.05, 4.69) is 0 Å². The number of urea groups is 1. The molecular weight excluding hydrogens is 338 g/mol. The molecule has 144 valence electrons. The predicted octanol–water partition coefficient (Wildman–Crippen LogP) is 1.60. The summed E-state index contributed by atoms with van der Waals surface area (Å²) >= 11 is 0. The molecule has 0 aromatic heterocycles. The first-order valence-corrected chi connectivity index (χ1v) is 9.26. The number of rotatable bonds is 4. The Labute approximate surface area is 153 Å². The molecule has 2 heterocycles. The van der Waals surface area contributed by atoms with Crippen molar-refractivity contribution in [1.29, 1.82) is 0 Å². The monoisotopic (exact) mass is 365 g/mol. The number of hydrogen-bond acceptors (Lipinski definition) is 4. The van der Waals surface area contributed by atoms with E-state index in [1.807, 2.05) is 23.6 Å². The average Bonchev–Trinajstić information content (AvgIpc) is 2.84. The van der Waals surface area contributed by atoms with Crippen LogP contribution < -0.4 is 0 Å². The number of methoxy groups -OCH3 is 1. The number of hydrogen-bond donors (Lipinski definition) is 1. The lowest BCUT2D eigenvalue weighted by molar-refractivity contribution is -0.218. The first kappa shape index (κ1) is 17.4. The van der Waals surface area contributed by atoms with Crippen LogP contribution in [-0.2, 0) is 9.53 Å². The van der Waals surface area contributed by atoms with E-state index >= 15 is 0 Å². The zero-order valence-corrected chi connectivity index (χ0v) is 15.7. The van der Waals surface area contributed by atoms with Gasteiger partial charge in [0, 0.05) is 31.7 Å². The highest BCUT2D eigenvalue weighted by molar-refractivity contribution is 5.80. The molecule has 2 aliphatic heterocycles. The highest BCUT2D eigenvalue weighted by atomic mass is 16.5. The van der Waals surface area contributed by atoms with E-state index in [1.165, 1.54) is 12.0 Å². The molecule has 1 unspecified atom stereocenters. The molecule has 2 bridgehead atoms. The van der Waals surface area contributed by atoms with Crippen molar-refractivity contribution in [3.8, 4) is 0 Å². The third-order valence-corrected chi connectivity index (χ3v) is 6.86. The van der Waals surface area contributed by atoms with E-state index in [9.17, 15) is 19.5 Å². The predicted molar refractivity (Wildman–Crippen MR) is 91.6 cm³/mol. The lowest BCUT2D eigenvalue weighted by Crippen LogP contribution is -2.75. The highest BCUT2D eigenvalue weighted by Gasteiger charge is 2.73. The Balaban J connectivity index is 1.39. The van der Waals surface area contributed by atoms with Crippen molar-refractivity contribution in [2.75, 3.05) is 33.3 Å². The van der Waals surface area contributed by atoms with Crippen LogP contribution in [0.1, 0.15) is 39.5 Å². The number of carboxylic acid groups (broad SMARTS) is 1. The fraction of sp³-hybridized carbons (Fsp3) is 0.833. The number of nitrogens with zero attached hydrogens (tertiary/aromatic N) is 3. The minimum Gasteiger partial charge on any atom is -0.469 e. The number of carbonyl (C=O) groups excluding carboxylic acids is 2. The quantitative estimate of drug-likeness (QED) is 0.764. The molecule has 5 fully saturated rings. The summed E-state index contributed by atoms with van der Waals surface area (Å²) in [4.78, 5) is 41.2. The molecule has 0 aromatic carbocycles. The molecular formula is C18H27N3O5. The normalized spacial score (nSPS) is 35.6. The maximum Gasteiger partial charge on any atom is 0.407 e. The number of carbonyl (C=O) groups is 3. The van der Waals surface area contributed by atoms with Crippen molar-refractivity contribution < 1.29 is 24.2 Å². The van der Waals surface area contributed by atoms with Gasteiger partial charge in [0.15, 0.2) is 0 Å². The van der Waals surface area contributed by atoms with E-state index in [0.717, 1.165) is 25.7 Å². The van der Waals surface area contributed by atoms with Crippen LogP contribution in [0.15, 0.2) is 0 Å². The zero-order valence-electron chi connectivity index (χ0n) is 15.7. The molecule has 8 nitrogen and oxygen atoms in total. The molecule has 26 heavy (non-hydrogen) atoms. The average molecular weight is 365 g/mol. The second-order valence-corrected chi connectivity index (χ2v) is 9.28. The van der Waals surface area contributed by atoms with E-state index in [4.69, 9.17) is 4.74 Å². The van der Waals surface area contributed by atoms with Crippen LogP contribution in [-0.4, -0.2) is 82.8 Å². The molecule has 5 rings (SSSR count). The van der Waals surface area contributed by atoms with Gasteiger partial charge < -0.3 is 24.5 Å². The Bertz CT molecular complexity index is 656. The molecule has 1 N–H and O–H groups in total. The van der Waals surface area contributed by atoms with Crippen LogP contribution >= 0.6 is 0 Å². The van der Waals surface area contributed by atoms with Crippen molar-refractivity contribution >= 4 is 18.1 Å². The summed E-state index contributed by atoms with van der Waals surface area (Å²) < 4.78 is 4.92. The van der Waals surface area contributed by atoms with Crippen molar-refractivity contribution in [3.05, 3.63) is 0 Å². The van der Waals surface area contributed by atoms with Crippen LogP contribution in [0.2, 0.25) is 0 Å². The maximum absolute atomic E-state index is 12.8. The van der Waals surface area contributed by atoms with Crippen molar-refractivity contribution in [1.82, 2.24) is 14.7 Å². The lowest BCUT2D eigenvalue weighted by atomic mass is 9.36. The van der Waals surface area contributed by atoms with E-state index < -0.39 is 11.5 Å². The molecule has 0 spiro atoms. The van der Waals surface area contributed by atoms with Crippen LogP contribution in [0, 0.1) is 10.8 Å². The number of esters is 1. The van der Waals surface area contributed by atoms with Gasteiger partial charge in [-0.15, -0.1) is 0 Å². The second-order valence-electron chi connectivity index (χ2n) is 9.28. The van der Waals surface area contributed by atoms with Gasteiger partial charge in [0.05, 0.1) is 18.6 Å². The molecule has 1 atom stereocenters. The lowest BCUT2D eigenvalue weighted by Gasteiger charge is -2.74. The third-order valence-electron chi connectivity index (χ3n) is 6.86. The fourth-order valence-corrected chi connectivity index (χ4v) is 5.98. The zero-order chi connectivity index (χ0) is 18.9. The maximum atomic E-state index is 12.8. The summed E-state index contributed by atoms with van der Waals surface area (Å²) in [5.41, 5.74) is -0.432. The third kappa shape index (κ3) is 2.30. The number of ether oxygens (including phenoxy) is 1. The summed E-state index contributed by atoms with van der Waals surface area (Å²) in [6.07, 6.45) is 2.70. The van der Waals surface area contributed by atoms with Crippen LogP contribution in [0.25, 0.3) is 0 Å². The molecule has 3 saturated carbocycles. The molecule has 0 radical (unpaired) electrons. The second kappa shape index (κ2) is 5.27. The largest absolute Gasteiger partial charge is 0.469 e. The topological polar surface area (TPSA) is 90.4 Å². The minimum absolute atomic E-state index is 0.0381. The number of piperazine rings is 1. The molecule has 5 aliphatic rings. The van der Waals surface area contributed by atoms with Gasteiger partial charge in [-0.3, -0.25) is 4.79 Å². The first-order valence-electron chi connectivity index (χ1n) is 9.26. The van der Waals surface area contributed by atoms with E-state index in [0.29, 0.717) is 26.2 Å². The highest BCUT2D eigenvalue weighted by Crippen LogP contribution is 2.73. The number of amides is 3. The molecule has 8 heteroatoms. The van der Waals surface area contributed by atoms with Gasteiger partial charge in [0.2, 0.25) is 0 Å². The SMILES string of the molecule is COC(=O)C(C)(C)CC12CC(N3CC4CN(C(=O)O)CCN4C3=O)(C1)C2. The fourth-order valence-electron chi connectivity index (χ4n) is 5.98. The van der Waals surface area contributed by atoms with Gasteiger partial charge in [-0.1, -0.05) is 0 Å². The Hall–Kier alpha value is -1.99. The summed E-state index contributed by atoms with van der Waals surface area (Å²) in [6.45, 7) is 5.72. The molecule has 2 saturated heterocycles. The smallest absolute Gasteiger partial charge is 0.407 e. The Kier molecular flexibility index (Phi) is 3.53. The van der Waals surface area contributed by atoms with Crippen LogP contribution in [0.4, 0.5) is 9.59 Å². The van der Waals surface area contributed by atoms with E-state index in [1.54, 1.807) is 0 Å².